The number of amides is 1. The molecule has 2 aromatic carbocycles. The van der Waals surface area contributed by atoms with E-state index in [2.05, 4.69) is 15.3 Å². The number of hydrogen-bond acceptors (Lipinski definition) is 4. The summed E-state index contributed by atoms with van der Waals surface area (Å²) in [7, 11) is 0. The van der Waals surface area contributed by atoms with Gasteiger partial charge in [0, 0.05) is 36.2 Å². The lowest BCUT2D eigenvalue weighted by Crippen LogP contribution is -2.30. The Balaban J connectivity index is 1.68. The first kappa shape index (κ1) is 17.9. The summed E-state index contributed by atoms with van der Waals surface area (Å²) in [6, 6.07) is 17.1. The van der Waals surface area contributed by atoms with Gasteiger partial charge in [-0.15, -0.1) is 0 Å². The van der Waals surface area contributed by atoms with E-state index in [-0.39, 0.29) is 5.91 Å². The first-order chi connectivity index (χ1) is 12.7. The van der Waals surface area contributed by atoms with Crippen molar-refractivity contribution in [3.05, 3.63) is 83.1 Å². The van der Waals surface area contributed by atoms with E-state index in [1.165, 1.54) is 12.4 Å². The molecule has 26 heavy (non-hydrogen) atoms. The second kappa shape index (κ2) is 8.45. The van der Waals surface area contributed by atoms with Crippen molar-refractivity contribution in [1.29, 1.82) is 0 Å². The van der Waals surface area contributed by atoms with Crippen LogP contribution in [0.5, 0.6) is 0 Å². The fourth-order valence-corrected chi connectivity index (χ4v) is 2.76. The molecule has 0 saturated heterocycles. The Labute approximate surface area is 157 Å². The summed E-state index contributed by atoms with van der Waals surface area (Å²) in [6.07, 6.45) is 3.08. The zero-order valence-corrected chi connectivity index (χ0v) is 15.1. The molecule has 0 saturated carbocycles. The molecule has 1 heterocycles. The fourth-order valence-electron chi connectivity index (χ4n) is 2.55. The summed E-state index contributed by atoms with van der Waals surface area (Å²) in [4.78, 5) is 22.9. The van der Waals surface area contributed by atoms with E-state index in [0.29, 0.717) is 29.6 Å². The number of para-hydroxylation sites is 1. The number of benzene rings is 2. The Morgan fingerprint density at radius 2 is 1.69 bits per heavy atom. The van der Waals surface area contributed by atoms with E-state index in [1.807, 2.05) is 61.5 Å². The van der Waals surface area contributed by atoms with Crippen LogP contribution in [0, 0.1) is 0 Å². The number of halogens is 1. The minimum Gasteiger partial charge on any atom is -0.350 e. The summed E-state index contributed by atoms with van der Waals surface area (Å²) in [5.74, 6) is 0.320. The third-order valence-corrected chi connectivity index (χ3v) is 4.29. The standard InChI is InChI=1S/C20H19ClN4O/c1-2-25(17-9-4-3-5-10-17)19(26)16-13-23-20(24-14-16)22-12-15-8-6-7-11-18(15)21/h3-11,13-14H,2,12H2,1H3,(H,22,23,24). The number of nitrogens with zero attached hydrogens (tertiary/aromatic N) is 3. The molecule has 5 nitrogen and oxygen atoms in total. The number of carbonyl (C=O) groups excluding carboxylic acids is 1. The summed E-state index contributed by atoms with van der Waals surface area (Å²) in [6.45, 7) is 3.01. The van der Waals surface area contributed by atoms with Crippen LogP contribution in [-0.4, -0.2) is 22.4 Å². The van der Waals surface area contributed by atoms with Crippen LogP contribution in [0.4, 0.5) is 11.6 Å². The van der Waals surface area contributed by atoms with Crippen molar-refractivity contribution in [3.63, 3.8) is 0 Å². The molecule has 6 heteroatoms. The van der Waals surface area contributed by atoms with Crippen LogP contribution in [0.15, 0.2) is 67.0 Å². The summed E-state index contributed by atoms with van der Waals surface area (Å²) < 4.78 is 0. The topological polar surface area (TPSA) is 58.1 Å². The SMILES string of the molecule is CCN(C(=O)c1cnc(NCc2ccccc2Cl)nc1)c1ccccc1. The average Bonchev–Trinajstić information content (AvgIpc) is 2.69. The molecule has 3 rings (SSSR count). The number of aromatic nitrogens is 2. The minimum atomic E-state index is -0.128. The molecule has 132 valence electrons. The Morgan fingerprint density at radius 1 is 1.04 bits per heavy atom. The molecular weight excluding hydrogens is 348 g/mol. The number of nitrogens with one attached hydrogen (secondary N) is 1. The van der Waals surface area contributed by atoms with E-state index in [4.69, 9.17) is 11.6 Å². The second-order valence-corrected chi connectivity index (χ2v) is 6.03. The van der Waals surface area contributed by atoms with E-state index in [0.717, 1.165) is 11.3 Å². The Kier molecular flexibility index (Phi) is 5.81. The van der Waals surface area contributed by atoms with E-state index in [1.54, 1.807) is 4.90 Å². The van der Waals surface area contributed by atoms with Gasteiger partial charge < -0.3 is 10.2 Å². The van der Waals surface area contributed by atoms with E-state index in [9.17, 15) is 4.79 Å². The monoisotopic (exact) mass is 366 g/mol. The highest BCUT2D eigenvalue weighted by Crippen LogP contribution is 2.17. The molecule has 1 N–H and O–H groups in total. The quantitative estimate of drug-likeness (QED) is 0.702. The predicted molar refractivity (Wildman–Crippen MR) is 105 cm³/mol. The number of anilines is 2. The third kappa shape index (κ3) is 4.18. The van der Waals surface area contributed by atoms with Crippen molar-refractivity contribution < 1.29 is 4.79 Å². The van der Waals surface area contributed by atoms with Crippen LogP contribution in [0.2, 0.25) is 5.02 Å². The molecule has 1 amide bonds. The molecule has 0 aliphatic heterocycles. The van der Waals surface area contributed by atoms with E-state index >= 15 is 0 Å². The molecule has 0 aliphatic rings. The summed E-state index contributed by atoms with van der Waals surface area (Å²) >= 11 is 6.14. The smallest absolute Gasteiger partial charge is 0.261 e. The maximum atomic E-state index is 12.7. The first-order valence-electron chi connectivity index (χ1n) is 8.35. The Bertz CT molecular complexity index is 868. The first-order valence-corrected chi connectivity index (χ1v) is 8.73. The predicted octanol–water partition coefficient (Wildman–Crippen LogP) is 4.41. The zero-order chi connectivity index (χ0) is 18.4. The molecule has 0 spiro atoms. The molecule has 0 unspecified atom stereocenters. The Morgan fingerprint density at radius 3 is 2.35 bits per heavy atom. The number of carbonyl (C=O) groups is 1. The van der Waals surface area contributed by atoms with E-state index < -0.39 is 0 Å². The van der Waals surface area contributed by atoms with Crippen LogP contribution in [0.3, 0.4) is 0 Å². The highest BCUT2D eigenvalue weighted by atomic mass is 35.5. The van der Waals surface area contributed by atoms with Crippen LogP contribution >= 0.6 is 11.6 Å². The number of hydrogen-bond donors (Lipinski definition) is 1. The van der Waals surface area contributed by atoms with Gasteiger partial charge in [0.15, 0.2) is 0 Å². The highest BCUT2D eigenvalue weighted by Gasteiger charge is 2.16. The normalized spacial score (nSPS) is 10.4. The highest BCUT2D eigenvalue weighted by molar-refractivity contribution is 6.31. The molecule has 0 atom stereocenters. The van der Waals surface area contributed by atoms with Gasteiger partial charge in [0.05, 0.1) is 5.56 Å². The maximum Gasteiger partial charge on any atom is 0.261 e. The van der Waals surface area contributed by atoms with Crippen molar-refractivity contribution >= 4 is 29.1 Å². The molecule has 0 bridgehead atoms. The van der Waals surface area contributed by atoms with Crippen molar-refractivity contribution in [2.75, 3.05) is 16.8 Å². The minimum absolute atomic E-state index is 0.128. The molecule has 0 fully saturated rings. The van der Waals surface area contributed by atoms with Crippen molar-refractivity contribution in [2.45, 2.75) is 13.5 Å². The van der Waals surface area contributed by atoms with Gasteiger partial charge in [-0.25, -0.2) is 9.97 Å². The van der Waals surface area contributed by atoms with Gasteiger partial charge in [0.1, 0.15) is 0 Å². The Hall–Kier alpha value is -2.92. The lowest BCUT2D eigenvalue weighted by Gasteiger charge is -2.20. The molecular formula is C20H19ClN4O. The largest absolute Gasteiger partial charge is 0.350 e. The summed E-state index contributed by atoms with van der Waals surface area (Å²) in [5.41, 5.74) is 2.25. The summed E-state index contributed by atoms with van der Waals surface area (Å²) in [5, 5.41) is 3.80. The van der Waals surface area contributed by atoms with Crippen molar-refractivity contribution in [3.8, 4) is 0 Å². The van der Waals surface area contributed by atoms with Crippen LogP contribution < -0.4 is 10.2 Å². The van der Waals surface area contributed by atoms with Gasteiger partial charge in [0.25, 0.3) is 5.91 Å². The average molecular weight is 367 g/mol. The molecule has 1 aromatic heterocycles. The van der Waals surface area contributed by atoms with Crippen LogP contribution in [0.25, 0.3) is 0 Å². The van der Waals surface area contributed by atoms with Crippen LogP contribution in [0.1, 0.15) is 22.8 Å². The molecule has 0 aliphatic carbocycles. The van der Waals surface area contributed by atoms with Gasteiger partial charge in [-0.05, 0) is 30.7 Å². The molecule has 0 radical (unpaired) electrons. The maximum absolute atomic E-state index is 12.7. The van der Waals surface area contributed by atoms with Gasteiger partial charge in [0.2, 0.25) is 5.95 Å². The second-order valence-electron chi connectivity index (χ2n) is 5.63. The van der Waals surface area contributed by atoms with Crippen LogP contribution in [-0.2, 0) is 6.54 Å². The number of rotatable bonds is 6. The lowest BCUT2D eigenvalue weighted by molar-refractivity contribution is 0.0987. The van der Waals surface area contributed by atoms with Crippen molar-refractivity contribution in [1.82, 2.24) is 9.97 Å². The van der Waals surface area contributed by atoms with Gasteiger partial charge in [-0.1, -0.05) is 48.0 Å². The van der Waals surface area contributed by atoms with Gasteiger partial charge >= 0.3 is 0 Å². The lowest BCUT2D eigenvalue weighted by atomic mass is 10.2. The third-order valence-electron chi connectivity index (χ3n) is 3.92. The van der Waals surface area contributed by atoms with Gasteiger partial charge in [-0.2, -0.15) is 0 Å². The zero-order valence-electron chi connectivity index (χ0n) is 14.4. The molecule has 3 aromatic rings. The van der Waals surface area contributed by atoms with Gasteiger partial charge in [-0.3, -0.25) is 4.79 Å². The fraction of sp³-hybridized carbons (Fsp3) is 0.150. The van der Waals surface area contributed by atoms with Crippen molar-refractivity contribution in [2.24, 2.45) is 0 Å².